The Morgan fingerprint density at radius 3 is 2.75 bits per heavy atom. The molecule has 20 heavy (non-hydrogen) atoms. The highest BCUT2D eigenvalue weighted by atomic mass is 15.6. The lowest BCUT2D eigenvalue weighted by molar-refractivity contribution is 0.222. The summed E-state index contributed by atoms with van der Waals surface area (Å²) in [6, 6.07) is 1.24. The van der Waals surface area contributed by atoms with Crippen molar-refractivity contribution >= 4 is 0 Å². The van der Waals surface area contributed by atoms with Gasteiger partial charge in [0.2, 0.25) is 0 Å². The van der Waals surface area contributed by atoms with Crippen molar-refractivity contribution in [1.29, 1.82) is 0 Å². The van der Waals surface area contributed by atoms with Gasteiger partial charge >= 0.3 is 0 Å². The van der Waals surface area contributed by atoms with E-state index in [0.29, 0.717) is 12.1 Å². The van der Waals surface area contributed by atoms with Gasteiger partial charge in [-0.05, 0) is 61.4 Å². The number of hydrogen-bond acceptors (Lipinski definition) is 5. The molecular formula is C14H24N6. The zero-order chi connectivity index (χ0) is 13.4. The Morgan fingerprint density at radius 2 is 2.05 bits per heavy atom. The molecule has 2 heterocycles. The second-order valence-electron chi connectivity index (χ2n) is 6.70. The van der Waals surface area contributed by atoms with Crippen molar-refractivity contribution in [2.75, 3.05) is 19.6 Å². The first-order valence-electron chi connectivity index (χ1n) is 8.11. The van der Waals surface area contributed by atoms with Gasteiger partial charge in [-0.3, -0.25) is 4.90 Å². The number of hydrogen-bond donors (Lipinski definition) is 1. The summed E-state index contributed by atoms with van der Waals surface area (Å²) in [6.45, 7) is 4.46. The van der Waals surface area contributed by atoms with Crippen molar-refractivity contribution in [3.63, 3.8) is 0 Å². The Labute approximate surface area is 119 Å². The van der Waals surface area contributed by atoms with Crippen LogP contribution in [0.25, 0.3) is 0 Å². The van der Waals surface area contributed by atoms with Crippen LogP contribution in [0.2, 0.25) is 0 Å². The van der Waals surface area contributed by atoms with E-state index in [1.54, 1.807) is 0 Å². The van der Waals surface area contributed by atoms with E-state index in [-0.39, 0.29) is 0 Å². The third-order valence-electron chi connectivity index (χ3n) is 4.67. The zero-order valence-corrected chi connectivity index (χ0v) is 12.0. The molecule has 1 unspecified atom stereocenters. The summed E-state index contributed by atoms with van der Waals surface area (Å²) in [6.07, 6.45) is 7.93. The quantitative estimate of drug-likeness (QED) is 0.804. The molecule has 0 aromatic carbocycles. The van der Waals surface area contributed by atoms with E-state index in [0.717, 1.165) is 24.8 Å². The van der Waals surface area contributed by atoms with Gasteiger partial charge in [0.15, 0.2) is 5.82 Å². The van der Waals surface area contributed by atoms with Gasteiger partial charge in [0.1, 0.15) is 0 Å². The molecule has 1 aromatic heterocycles. The van der Waals surface area contributed by atoms with E-state index in [9.17, 15) is 0 Å². The van der Waals surface area contributed by atoms with Gasteiger partial charge in [-0.25, -0.2) is 4.68 Å². The van der Waals surface area contributed by atoms with Gasteiger partial charge in [-0.2, -0.15) is 0 Å². The average molecular weight is 276 g/mol. The molecule has 1 aromatic rings. The van der Waals surface area contributed by atoms with Crippen LogP contribution in [0.1, 0.15) is 50.4 Å². The third-order valence-corrected chi connectivity index (χ3v) is 4.67. The van der Waals surface area contributed by atoms with Gasteiger partial charge in [-0.15, -0.1) is 5.10 Å². The first-order valence-corrected chi connectivity index (χ1v) is 8.11. The summed E-state index contributed by atoms with van der Waals surface area (Å²) in [5.74, 6) is 1.98. The maximum atomic E-state index is 4.26. The normalized spacial score (nSPS) is 26.6. The first-order chi connectivity index (χ1) is 9.88. The molecule has 3 aliphatic rings. The van der Waals surface area contributed by atoms with E-state index < -0.39 is 0 Å². The lowest BCUT2D eigenvalue weighted by Gasteiger charge is -2.25. The molecule has 6 nitrogen and oxygen atoms in total. The predicted octanol–water partition coefficient (Wildman–Crippen LogP) is 0.972. The second kappa shape index (κ2) is 5.41. The van der Waals surface area contributed by atoms with Crippen LogP contribution in [-0.2, 0) is 6.54 Å². The molecule has 0 radical (unpaired) electrons. The summed E-state index contributed by atoms with van der Waals surface area (Å²) >= 11 is 0. The monoisotopic (exact) mass is 276 g/mol. The predicted molar refractivity (Wildman–Crippen MR) is 75.1 cm³/mol. The van der Waals surface area contributed by atoms with Gasteiger partial charge < -0.3 is 5.32 Å². The number of tetrazole rings is 1. The largest absolute Gasteiger partial charge is 0.313 e. The number of nitrogens with zero attached hydrogens (tertiary/aromatic N) is 5. The van der Waals surface area contributed by atoms with Crippen LogP contribution in [0.4, 0.5) is 0 Å². The van der Waals surface area contributed by atoms with E-state index >= 15 is 0 Å². The van der Waals surface area contributed by atoms with Gasteiger partial charge in [0.25, 0.3) is 0 Å². The zero-order valence-electron chi connectivity index (χ0n) is 12.0. The fraction of sp³-hybridized carbons (Fsp3) is 0.929. The molecule has 4 rings (SSSR count). The molecule has 1 aliphatic heterocycles. The van der Waals surface area contributed by atoms with Crippen LogP contribution in [0.15, 0.2) is 0 Å². The topological polar surface area (TPSA) is 58.9 Å². The van der Waals surface area contributed by atoms with Crippen molar-refractivity contribution < 1.29 is 0 Å². The minimum Gasteiger partial charge on any atom is -0.313 e. The first kappa shape index (κ1) is 12.7. The Balaban J connectivity index is 1.41. The highest BCUT2D eigenvalue weighted by molar-refractivity contribution is 4.92. The highest BCUT2D eigenvalue weighted by Crippen LogP contribution is 2.35. The van der Waals surface area contributed by atoms with Crippen LogP contribution in [0.3, 0.4) is 0 Å². The molecule has 110 valence electrons. The lowest BCUT2D eigenvalue weighted by atomic mass is 10.2. The molecule has 1 N–H and O–H groups in total. The Morgan fingerprint density at radius 1 is 1.15 bits per heavy atom. The standard InChI is InChI=1S/C14H24N6/c1-2-12(15-7-1)9-19(8-11-3-4-11)10-14-16-17-18-20(14)13-5-6-13/h11-13,15H,1-10H2. The maximum Gasteiger partial charge on any atom is 0.165 e. The van der Waals surface area contributed by atoms with Gasteiger partial charge in [0, 0.05) is 19.1 Å². The van der Waals surface area contributed by atoms with Crippen LogP contribution in [-0.4, -0.2) is 50.8 Å². The molecular weight excluding hydrogens is 252 g/mol. The van der Waals surface area contributed by atoms with Crippen LogP contribution >= 0.6 is 0 Å². The fourth-order valence-electron chi connectivity index (χ4n) is 3.21. The second-order valence-corrected chi connectivity index (χ2v) is 6.70. The fourth-order valence-corrected chi connectivity index (χ4v) is 3.21. The number of aromatic nitrogens is 4. The number of nitrogens with one attached hydrogen (secondary N) is 1. The van der Waals surface area contributed by atoms with E-state index in [1.807, 2.05) is 0 Å². The molecule has 3 fully saturated rings. The summed E-state index contributed by atoms with van der Waals surface area (Å²) in [5.41, 5.74) is 0. The lowest BCUT2D eigenvalue weighted by Crippen LogP contribution is -2.38. The van der Waals surface area contributed by atoms with Crippen molar-refractivity contribution in [3.05, 3.63) is 5.82 Å². The van der Waals surface area contributed by atoms with E-state index in [1.165, 1.54) is 51.6 Å². The van der Waals surface area contributed by atoms with Crippen LogP contribution < -0.4 is 5.32 Å². The van der Waals surface area contributed by atoms with E-state index in [4.69, 9.17) is 0 Å². The third kappa shape index (κ3) is 3.01. The molecule has 0 amide bonds. The Hall–Kier alpha value is -1.01. The van der Waals surface area contributed by atoms with Crippen molar-refractivity contribution in [3.8, 4) is 0 Å². The molecule has 1 saturated heterocycles. The van der Waals surface area contributed by atoms with Crippen LogP contribution in [0.5, 0.6) is 0 Å². The molecule has 2 saturated carbocycles. The van der Waals surface area contributed by atoms with Crippen molar-refractivity contribution in [2.45, 2.75) is 57.2 Å². The van der Waals surface area contributed by atoms with Crippen molar-refractivity contribution in [2.24, 2.45) is 5.92 Å². The minimum absolute atomic E-state index is 0.576. The summed E-state index contributed by atoms with van der Waals surface area (Å²) in [4.78, 5) is 2.57. The van der Waals surface area contributed by atoms with Gasteiger partial charge in [-0.1, -0.05) is 0 Å². The highest BCUT2D eigenvalue weighted by Gasteiger charge is 2.30. The SMILES string of the molecule is C1CNC(CN(Cc2nnnn2C2CC2)CC2CC2)C1. The Kier molecular flexibility index (Phi) is 3.44. The summed E-state index contributed by atoms with van der Waals surface area (Å²) in [7, 11) is 0. The van der Waals surface area contributed by atoms with Gasteiger partial charge in [0.05, 0.1) is 12.6 Å². The summed E-state index contributed by atoms with van der Waals surface area (Å²) in [5, 5.41) is 15.9. The maximum absolute atomic E-state index is 4.26. The van der Waals surface area contributed by atoms with Crippen LogP contribution in [0, 0.1) is 5.92 Å². The molecule has 0 spiro atoms. The molecule has 6 heteroatoms. The minimum atomic E-state index is 0.576. The molecule has 0 bridgehead atoms. The average Bonchev–Trinajstić information content (AvgIpc) is 3.35. The van der Waals surface area contributed by atoms with E-state index in [2.05, 4.69) is 30.4 Å². The smallest absolute Gasteiger partial charge is 0.165 e. The summed E-state index contributed by atoms with van der Waals surface area (Å²) < 4.78 is 2.06. The molecule has 2 aliphatic carbocycles. The molecule has 1 atom stereocenters. The Bertz CT molecular complexity index is 444. The van der Waals surface area contributed by atoms with Crippen molar-refractivity contribution in [1.82, 2.24) is 30.4 Å². The number of rotatable bonds is 7.